The van der Waals surface area contributed by atoms with Crippen molar-refractivity contribution in [2.24, 2.45) is 0 Å². The van der Waals surface area contributed by atoms with Gasteiger partial charge in [0.05, 0.1) is 7.11 Å². The molecule has 1 fully saturated rings. The van der Waals surface area contributed by atoms with Gasteiger partial charge in [-0.3, -0.25) is 4.79 Å². The predicted octanol–water partition coefficient (Wildman–Crippen LogP) is 2.68. The van der Waals surface area contributed by atoms with Crippen LogP contribution in [0.2, 0.25) is 0 Å². The SMILES string of the molecule is CNC1CCN(C(=O)/C=C/c2cc(Br)ccc2OC)CC1. The molecule has 1 amide bonds. The highest BCUT2D eigenvalue weighted by Gasteiger charge is 2.20. The fourth-order valence-corrected chi connectivity index (χ4v) is 2.87. The molecule has 2 rings (SSSR count). The van der Waals surface area contributed by atoms with Crippen LogP contribution < -0.4 is 10.1 Å². The van der Waals surface area contributed by atoms with Crippen LogP contribution in [-0.2, 0) is 4.79 Å². The summed E-state index contributed by atoms with van der Waals surface area (Å²) < 4.78 is 6.26. The summed E-state index contributed by atoms with van der Waals surface area (Å²) in [6, 6.07) is 6.27. The van der Waals surface area contributed by atoms with Gasteiger partial charge in [0.1, 0.15) is 5.75 Å². The molecular weight excluding hydrogens is 332 g/mol. The molecule has 0 unspecified atom stereocenters. The molecule has 0 aliphatic carbocycles. The largest absolute Gasteiger partial charge is 0.496 e. The van der Waals surface area contributed by atoms with Gasteiger partial charge in [-0.25, -0.2) is 0 Å². The van der Waals surface area contributed by atoms with E-state index >= 15 is 0 Å². The Bertz CT molecular complexity index is 523. The summed E-state index contributed by atoms with van der Waals surface area (Å²) in [4.78, 5) is 14.1. The van der Waals surface area contributed by atoms with Gasteiger partial charge >= 0.3 is 0 Å². The minimum absolute atomic E-state index is 0.0616. The summed E-state index contributed by atoms with van der Waals surface area (Å²) in [5, 5.41) is 3.26. The number of benzene rings is 1. The van der Waals surface area contributed by atoms with Gasteiger partial charge < -0.3 is 15.0 Å². The number of hydrogen-bond acceptors (Lipinski definition) is 3. The lowest BCUT2D eigenvalue weighted by Crippen LogP contribution is -2.43. The zero-order valence-corrected chi connectivity index (χ0v) is 14.0. The highest BCUT2D eigenvalue weighted by Crippen LogP contribution is 2.24. The zero-order chi connectivity index (χ0) is 15.2. The monoisotopic (exact) mass is 352 g/mol. The minimum atomic E-state index is 0.0616. The molecule has 0 bridgehead atoms. The molecule has 21 heavy (non-hydrogen) atoms. The van der Waals surface area contributed by atoms with Crippen molar-refractivity contribution >= 4 is 27.9 Å². The van der Waals surface area contributed by atoms with Crippen molar-refractivity contribution < 1.29 is 9.53 Å². The molecule has 1 heterocycles. The maximum atomic E-state index is 12.2. The topological polar surface area (TPSA) is 41.6 Å². The van der Waals surface area contributed by atoms with E-state index in [1.54, 1.807) is 13.2 Å². The second-order valence-corrected chi connectivity index (χ2v) is 6.02. The van der Waals surface area contributed by atoms with Gasteiger partial charge in [0.15, 0.2) is 0 Å². The van der Waals surface area contributed by atoms with Crippen LogP contribution in [0.15, 0.2) is 28.7 Å². The van der Waals surface area contributed by atoms with E-state index in [1.807, 2.05) is 36.2 Å². The first-order valence-corrected chi connectivity index (χ1v) is 7.91. The van der Waals surface area contributed by atoms with E-state index < -0.39 is 0 Å². The maximum absolute atomic E-state index is 12.2. The smallest absolute Gasteiger partial charge is 0.246 e. The summed E-state index contributed by atoms with van der Waals surface area (Å²) in [7, 11) is 3.60. The van der Waals surface area contributed by atoms with Crippen molar-refractivity contribution in [1.29, 1.82) is 0 Å². The van der Waals surface area contributed by atoms with Crippen LogP contribution >= 0.6 is 15.9 Å². The standard InChI is InChI=1S/C16H21BrN2O2/c1-18-14-7-9-19(10-8-14)16(20)6-3-12-11-13(17)4-5-15(12)21-2/h3-6,11,14,18H,7-10H2,1-2H3/b6-3+. The summed E-state index contributed by atoms with van der Waals surface area (Å²) >= 11 is 3.43. The average Bonchev–Trinajstić information content (AvgIpc) is 2.52. The molecule has 0 spiro atoms. The van der Waals surface area contributed by atoms with Gasteiger partial charge in [-0.05, 0) is 44.2 Å². The van der Waals surface area contributed by atoms with E-state index in [1.165, 1.54) is 0 Å². The molecule has 0 atom stereocenters. The predicted molar refractivity (Wildman–Crippen MR) is 88.4 cm³/mol. The lowest BCUT2D eigenvalue weighted by Gasteiger charge is -2.31. The van der Waals surface area contributed by atoms with E-state index in [0.29, 0.717) is 6.04 Å². The molecule has 1 aliphatic rings. The van der Waals surface area contributed by atoms with Gasteiger partial charge in [0, 0.05) is 35.2 Å². The van der Waals surface area contributed by atoms with E-state index in [-0.39, 0.29) is 5.91 Å². The van der Waals surface area contributed by atoms with Crippen LogP contribution in [0.3, 0.4) is 0 Å². The summed E-state index contributed by atoms with van der Waals surface area (Å²) in [6.45, 7) is 1.62. The molecule has 1 aliphatic heterocycles. The number of hydrogen-bond donors (Lipinski definition) is 1. The zero-order valence-electron chi connectivity index (χ0n) is 12.4. The first-order chi connectivity index (χ1) is 10.1. The van der Waals surface area contributed by atoms with Crippen molar-refractivity contribution in [3.8, 4) is 5.75 Å². The van der Waals surface area contributed by atoms with Crippen LogP contribution in [0.1, 0.15) is 18.4 Å². The Morgan fingerprint density at radius 1 is 1.43 bits per heavy atom. The number of halogens is 1. The number of nitrogens with zero attached hydrogens (tertiary/aromatic N) is 1. The Balaban J connectivity index is 2.01. The molecule has 114 valence electrons. The normalized spacial score (nSPS) is 16.4. The van der Waals surface area contributed by atoms with Crippen molar-refractivity contribution in [3.05, 3.63) is 34.3 Å². The number of ether oxygens (including phenoxy) is 1. The van der Waals surface area contributed by atoms with Crippen LogP contribution in [0.25, 0.3) is 6.08 Å². The quantitative estimate of drug-likeness (QED) is 0.847. The summed E-state index contributed by atoms with van der Waals surface area (Å²) in [5.41, 5.74) is 0.894. The number of amides is 1. The highest BCUT2D eigenvalue weighted by atomic mass is 79.9. The van der Waals surface area contributed by atoms with Gasteiger partial charge in [-0.2, -0.15) is 0 Å². The Hall–Kier alpha value is -1.33. The van der Waals surface area contributed by atoms with Crippen molar-refractivity contribution in [2.45, 2.75) is 18.9 Å². The van der Waals surface area contributed by atoms with E-state index in [4.69, 9.17) is 4.74 Å². The Labute approximate surface area is 134 Å². The van der Waals surface area contributed by atoms with Crippen LogP contribution in [0.4, 0.5) is 0 Å². The summed E-state index contributed by atoms with van der Waals surface area (Å²) in [5.74, 6) is 0.822. The van der Waals surface area contributed by atoms with E-state index in [9.17, 15) is 4.79 Å². The third-order valence-corrected chi connectivity index (χ3v) is 4.31. The number of piperidine rings is 1. The number of methoxy groups -OCH3 is 1. The number of likely N-dealkylation sites (tertiary alicyclic amines) is 1. The van der Waals surface area contributed by atoms with Crippen LogP contribution in [0.5, 0.6) is 5.75 Å². The van der Waals surface area contributed by atoms with Gasteiger partial charge in [0.25, 0.3) is 0 Å². The Kier molecular flexibility index (Phi) is 5.82. The molecule has 0 radical (unpaired) electrons. The van der Waals surface area contributed by atoms with E-state index in [0.717, 1.165) is 41.7 Å². The first kappa shape index (κ1) is 16.0. The Morgan fingerprint density at radius 3 is 2.76 bits per heavy atom. The molecule has 1 aromatic rings. The molecular formula is C16H21BrN2O2. The van der Waals surface area contributed by atoms with Gasteiger partial charge in [0.2, 0.25) is 5.91 Å². The van der Waals surface area contributed by atoms with Crippen molar-refractivity contribution in [1.82, 2.24) is 10.2 Å². The van der Waals surface area contributed by atoms with Crippen molar-refractivity contribution in [2.75, 3.05) is 27.2 Å². The fourth-order valence-electron chi connectivity index (χ4n) is 2.49. The number of nitrogens with one attached hydrogen (secondary N) is 1. The Morgan fingerprint density at radius 2 is 2.14 bits per heavy atom. The average molecular weight is 353 g/mol. The second kappa shape index (κ2) is 7.61. The molecule has 0 saturated carbocycles. The lowest BCUT2D eigenvalue weighted by atomic mass is 10.1. The summed E-state index contributed by atoms with van der Waals surface area (Å²) in [6.07, 6.45) is 5.46. The number of carbonyl (C=O) groups excluding carboxylic acids is 1. The van der Waals surface area contributed by atoms with E-state index in [2.05, 4.69) is 21.2 Å². The van der Waals surface area contributed by atoms with Crippen LogP contribution in [-0.4, -0.2) is 44.1 Å². The fraction of sp³-hybridized carbons (Fsp3) is 0.438. The molecule has 1 N–H and O–H groups in total. The van der Waals surface area contributed by atoms with Gasteiger partial charge in [-0.1, -0.05) is 15.9 Å². The second-order valence-electron chi connectivity index (χ2n) is 5.11. The molecule has 1 aromatic carbocycles. The molecule has 1 saturated heterocycles. The number of rotatable bonds is 4. The highest BCUT2D eigenvalue weighted by molar-refractivity contribution is 9.10. The minimum Gasteiger partial charge on any atom is -0.496 e. The first-order valence-electron chi connectivity index (χ1n) is 7.12. The number of carbonyl (C=O) groups is 1. The third kappa shape index (κ3) is 4.32. The molecule has 4 nitrogen and oxygen atoms in total. The molecule has 5 heteroatoms. The van der Waals surface area contributed by atoms with Crippen LogP contribution in [0, 0.1) is 0 Å². The maximum Gasteiger partial charge on any atom is 0.246 e. The van der Waals surface area contributed by atoms with Gasteiger partial charge in [-0.15, -0.1) is 0 Å². The third-order valence-electron chi connectivity index (χ3n) is 3.81. The lowest BCUT2D eigenvalue weighted by molar-refractivity contribution is -0.127. The molecule has 0 aromatic heterocycles. The van der Waals surface area contributed by atoms with Crippen molar-refractivity contribution in [3.63, 3.8) is 0 Å².